The van der Waals surface area contributed by atoms with Crippen LogP contribution in [0.5, 0.6) is 0 Å². The first-order chi connectivity index (χ1) is 7.10. The zero-order chi connectivity index (χ0) is 11.4. The van der Waals surface area contributed by atoms with E-state index < -0.39 is 0 Å². The van der Waals surface area contributed by atoms with Gasteiger partial charge in [0.25, 0.3) is 0 Å². The number of hydrogen-bond acceptors (Lipinski definition) is 4. The van der Waals surface area contributed by atoms with Crippen molar-refractivity contribution in [3.63, 3.8) is 0 Å². The quantitative estimate of drug-likeness (QED) is 0.760. The van der Waals surface area contributed by atoms with Gasteiger partial charge < -0.3 is 15.6 Å². The van der Waals surface area contributed by atoms with Gasteiger partial charge in [0.2, 0.25) is 5.95 Å². The third kappa shape index (κ3) is 2.68. The topological polar surface area (TPSA) is 68.8 Å². The predicted octanol–water partition coefficient (Wildman–Crippen LogP) is 0.945. The second-order valence-corrected chi connectivity index (χ2v) is 4.25. The minimum Gasteiger partial charge on any atom is -0.357 e. The summed E-state index contributed by atoms with van der Waals surface area (Å²) in [4.78, 5) is 0. The summed E-state index contributed by atoms with van der Waals surface area (Å²) in [5.74, 6) is 2.67. The van der Waals surface area contributed by atoms with Crippen molar-refractivity contribution in [2.75, 3.05) is 18.9 Å². The van der Waals surface area contributed by atoms with E-state index in [1.54, 1.807) is 0 Å². The Labute approximate surface area is 91.1 Å². The van der Waals surface area contributed by atoms with E-state index >= 15 is 0 Å². The SMILES string of the molecule is CNc1nnc(C(CN)CC(C)C)n1C. The Morgan fingerprint density at radius 2 is 2.07 bits per heavy atom. The Bertz CT molecular complexity index is 305. The molecule has 1 atom stereocenters. The second kappa shape index (κ2) is 5.11. The van der Waals surface area contributed by atoms with Gasteiger partial charge in [0.05, 0.1) is 0 Å². The molecule has 0 aromatic carbocycles. The van der Waals surface area contributed by atoms with Gasteiger partial charge in [-0.1, -0.05) is 13.8 Å². The Morgan fingerprint density at radius 3 is 2.47 bits per heavy atom. The van der Waals surface area contributed by atoms with Crippen molar-refractivity contribution in [2.24, 2.45) is 18.7 Å². The van der Waals surface area contributed by atoms with Crippen LogP contribution in [-0.2, 0) is 7.05 Å². The summed E-state index contributed by atoms with van der Waals surface area (Å²) in [6, 6.07) is 0. The second-order valence-electron chi connectivity index (χ2n) is 4.25. The molecule has 0 saturated heterocycles. The highest BCUT2D eigenvalue weighted by Gasteiger charge is 2.18. The largest absolute Gasteiger partial charge is 0.357 e. The van der Waals surface area contributed by atoms with Crippen LogP contribution in [0.2, 0.25) is 0 Å². The molecule has 5 nitrogen and oxygen atoms in total. The van der Waals surface area contributed by atoms with Crippen molar-refractivity contribution in [2.45, 2.75) is 26.2 Å². The highest BCUT2D eigenvalue weighted by Crippen LogP contribution is 2.22. The lowest BCUT2D eigenvalue weighted by Crippen LogP contribution is -2.18. The molecule has 1 aromatic heterocycles. The molecule has 0 aliphatic rings. The van der Waals surface area contributed by atoms with Crippen molar-refractivity contribution in [3.8, 4) is 0 Å². The Hall–Kier alpha value is -1.10. The summed E-state index contributed by atoms with van der Waals surface area (Å²) in [7, 11) is 3.80. The first-order valence-corrected chi connectivity index (χ1v) is 5.37. The number of anilines is 1. The molecule has 1 unspecified atom stereocenters. The zero-order valence-electron chi connectivity index (χ0n) is 9.99. The molecule has 1 rings (SSSR count). The van der Waals surface area contributed by atoms with E-state index in [1.165, 1.54) is 0 Å². The van der Waals surface area contributed by atoms with Crippen LogP contribution < -0.4 is 11.1 Å². The van der Waals surface area contributed by atoms with E-state index in [1.807, 2.05) is 18.7 Å². The van der Waals surface area contributed by atoms with Gasteiger partial charge in [-0.15, -0.1) is 10.2 Å². The minimum absolute atomic E-state index is 0.296. The minimum atomic E-state index is 0.296. The van der Waals surface area contributed by atoms with Gasteiger partial charge in [-0.2, -0.15) is 0 Å². The number of nitrogens with zero attached hydrogens (tertiary/aromatic N) is 3. The molecular weight excluding hydrogens is 190 g/mol. The fraction of sp³-hybridized carbons (Fsp3) is 0.800. The number of rotatable bonds is 5. The molecule has 0 radical (unpaired) electrons. The van der Waals surface area contributed by atoms with Crippen LogP contribution in [0.4, 0.5) is 5.95 Å². The lowest BCUT2D eigenvalue weighted by atomic mass is 9.96. The van der Waals surface area contributed by atoms with Gasteiger partial charge in [-0.3, -0.25) is 0 Å². The Kier molecular flexibility index (Phi) is 4.08. The van der Waals surface area contributed by atoms with Crippen LogP contribution in [0.3, 0.4) is 0 Å². The number of nitrogens with one attached hydrogen (secondary N) is 1. The summed E-state index contributed by atoms with van der Waals surface area (Å²) >= 11 is 0. The van der Waals surface area contributed by atoms with Gasteiger partial charge in [0, 0.05) is 26.6 Å². The van der Waals surface area contributed by atoms with E-state index in [9.17, 15) is 0 Å². The molecular formula is C10H21N5. The maximum Gasteiger partial charge on any atom is 0.224 e. The lowest BCUT2D eigenvalue weighted by Gasteiger charge is -2.16. The summed E-state index contributed by atoms with van der Waals surface area (Å²) in [6.07, 6.45) is 1.05. The van der Waals surface area contributed by atoms with Crippen LogP contribution in [0, 0.1) is 5.92 Å². The maximum absolute atomic E-state index is 5.77. The van der Waals surface area contributed by atoms with Crippen molar-refractivity contribution >= 4 is 5.95 Å². The molecule has 0 amide bonds. The molecule has 0 aliphatic heterocycles. The lowest BCUT2D eigenvalue weighted by molar-refractivity contribution is 0.478. The van der Waals surface area contributed by atoms with Crippen molar-refractivity contribution < 1.29 is 0 Å². The van der Waals surface area contributed by atoms with Gasteiger partial charge in [-0.25, -0.2) is 0 Å². The first-order valence-electron chi connectivity index (χ1n) is 5.37. The monoisotopic (exact) mass is 211 g/mol. The van der Waals surface area contributed by atoms with Crippen LogP contribution in [0.25, 0.3) is 0 Å². The molecule has 0 aliphatic carbocycles. The van der Waals surface area contributed by atoms with Crippen molar-refractivity contribution in [1.29, 1.82) is 0 Å². The van der Waals surface area contributed by atoms with Crippen molar-refractivity contribution in [3.05, 3.63) is 5.82 Å². The van der Waals surface area contributed by atoms with E-state index in [2.05, 4.69) is 29.4 Å². The van der Waals surface area contributed by atoms with Crippen LogP contribution in [0.15, 0.2) is 0 Å². The van der Waals surface area contributed by atoms with Crippen LogP contribution in [-0.4, -0.2) is 28.4 Å². The highest BCUT2D eigenvalue weighted by atomic mass is 15.3. The van der Waals surface area contributed by atoms with Crippen LogP contribution >= 0.6 is 0 Å². The first kappa shape index (κ1) is 12.0. The van der Waals surface area contributed by atoms with E-state index in [-0.39, 0.29) is 0 Å². The number of hydrogen-bond donors (Lipinski definition) is 2. The standard InChI is InChI=1S/C10H21N5/c1-7(2)5-8(6-11)9-13-14-10(12-3)15(9)4/h7-8H,5-6,11H2,1-4H3,(H,12,14). The molecule has 1 heterocycles. The molecule has 5 heteroatoms. The zero-order valence-corrected chi connectivity index (χ0v) is 9.99. The van der Waals surface area contributed by atoms with Crippen molar-refractivity contribution in [1.82, 2.24) is 14.8 Å². The highest BCUT2D eigenvalue weighted by molar-refractivity contribution is 5.25. The van der Waals surface area contributed by atoms with Gasteiger partial charge >= 0.3 is 0 Å². The van der Waals surface area contributed by atoms with Gasteiger partial charge in [-0.05, 0) is 12.3 Å². The molecule has 15 heavy (non-hydrogen) atoms. The molecule has 0 saturated carbocycles. The molecule has 1 aromatic rings. The Balaban J connectivity index is 2.86. The third-order valence-electron chi connectivity index (χ3n) is 2.54. The van der Waals surface area contributed by atoms with Crippen LogP contribution in [0.1, 0.15) is 32.0 Å². The average molecular weight is 211 g/mol. The molecule has 3 N–H and O–H groups in total. The molecule has 0 bridgehead atoms. The third-order valence-corrected chi connectivity index (χ3v) is 2.54. The van der Waals surface area contributed by atoms with E-state index in [0.29, 0.717) is 18.4 Å². The maximum atomic E-state index is 5.77. The normalized spacial score (nSPS) is 13.2. The molecule has 0 fully saturated rings. The number of aromatic nitrogens is 3. The van der Waals surface area contributed by atoms with Gasteiger partial charge in [0.1, 0.15) is 5.82 Å². The fourth-order valence-electron chi connectivity index (χ4n) is 1.79. The molecule has 0 spiro atoms. The summed E-state index contributed by atoms with van der Waals surface area (Å²) in [5.41, 5.74) is 5.77. The van der Waals surface area contributed by atoms with Gasteiger partial charge in [0.15, 0.2) is 0 Å². The summed E-state index contributed by atoms with van der Waals surface area (Å²) in [5, 5.41) is 11.2. The average Bonchev–Trinajstić information content (AvgIpc) is 2.56. The summed E-state index contributed by atoms with van der Waals surface area (Å²) in [6.45, 7) is 5.00. The fourth-order valence-corrected chi connectivity index (χ4v) is 1.79. The Morgan fingerprint density at radius 1 is 1.40 bits per heavy atom. The number of nitrogens with two attached hydrogens (primary N) is 1. The van der Waals surface area contributed by atoms with E-state index in [0.717, 1.165) is 18.2 Å². The van der Waals surface area contributed by atoms with E-state index in [4.69, 9.17) is 5.73 Å². The predicted molar refractivity (Wildman–Crippen MR) is 61.8 cm³/mol. The molecule has 86 valence electrons. The smallest absolute Gasteiger partial charge is 0.224 e. The summed E-state index contributed by atoms with van der Waals surface area (Å²) < 4.78 is 1.97.